The summed E-state index contributed by atoms with van der Waals surface area (Å²) >= 11 is 11.2. The van der Waals surface area contributed by atoms with Crippen LogP contribution in [0.5, 0.6) is 0 Å². The van der Waals surface area contributed by atoms with Gasteiger partial charge in [-0.2, -0.15) is 30.7 Å². The number of hydrogen-bond acceptors (Lipinski definition) is 1. The second-order valence-electron chi connectivity index (χ2n) is 5.37. The van der Waals surface area contributed by atoms with E-state index in [2.05, 4.69) is 0 Å². The highest BCUT2D eigenvalue weighted by molar-refractivity contribution is 6.30. The normalized spacial score (nSPS) is 13.8. The Balaban J connectivity index is 2.79. The first-order chi connectivity index (χ1) is 11.7. The van der Waals surface area contributed by atoms with E-state index in [0.717, 1.165) is 48.5 Å². The van der Waals surface area contributed by atoms with Crippen molar-refractivity contribution in [2.24, 2.45) is 0 Å². The predicted octanol–water partition coefficient (Wildman–Crippen LogP) is 6.06. The van der Waals surface area contributed by atoms with Crippen LogP contribution in [0, 0.1) is 0 Å². The minimum atomic E-state index is -6.61. The molecular weight excluding hydrogens is 412 g/mol. The Morgan fingerprint density at radius 3 is 1.15 bits per heavy atom. The summed E-state index contributed by atoms with van der Waals surface area (Å²) in [6.07, 6.45) is -6.61. The van der Waals surface area contributed by atoms with Crippen LogP contribution in [0.15, 0.2) is 48.5 Å². The Bertz CT molecular complexity index is 725. The zero-order valence-electron chi connectivity index (χ0n) is 12.5. The molecule has 0 atom stereocenters. The Labute approximate surface area is 153 Å². The van der Waals surface area contributed by atoms with Crippen molar-refractivity contribution in [2.45, 2.75) is 23.6 Å². The maximum Gasteiger partial charge on any atom is 0.460 e. The van der Waals surface area contributed by atoms with Gasteiger partial charge in [-0.15, -0.1) is 0 Å². The number of benzene rings is 2. The third kappa shape index (κ3) is 3.14. The van der Waals surface area contributed by atoms with Crippen molar-refractivity contribution in [1.29, 1.82) is 0 Å². The summed E-state index contributed by atoms with van der Waals surface area (Å²) in [4.78, 5) is 0. The molecule has 26 heavy (non-hydrogen) atoms. The van der Waals surface area contributed by atoms with E-state index in [1.165, 1.54) is 0 Å². The second kappa shape index (κ2) is 6.58. The van der Waals surface area contributed by atoms with Gasteiger partial charge in [0.15, 0.2) is 5.60 Å². The molecule has 2 aromatic carbocycles. The maximum absolute atomic E-state index is 14.5. The highest BCUT2D eigenvalue weighted by Crippen LogP contribution is 2.56. The van der Waals surface area contributed by atoms with Gasteiger partial charge < -0.3 is 5.11 Å². The van der Waals surface area contributed by atoms with Crippen molar-refractivity contribution in [1.82, 2.24) is 0 Å². The van der Waals surface area contributed by atoms with Crippen molar-refractivity contribution in [3.05, 3.63) is 69.7 Å². The molecule has 0 heterocycles. The lowest BCUT2D eigenvalue weighted by atomic mass is 9.78. The zero-order valence-corrected chi connectivity index (χ0v) is 14.0. The molecule has 0 bridgehead atoms. The molecule has 2 aromatic rings. The van der Waals surface area contributed by atoms with Crippen LogP contribution in [0.25, 0.3) is 0 Å². The van der Waals surface area contributed by atoms with E-state index < -0.39 is 34.7 Å². The fourth-order valence-electron chi connectivity index (χ4n) is 2.32. The first kappa shape index (κ1) is 20.8. The minimum absolute atomic E-state index is 0.00176. The molecule has 1 N–H and O–H groups in total. The van der Waals surface area contributed by atoms with E-state index in [4.69, 9.17) is 23.2 Å². The van der Waals surface area contributed by atoms with Crippen molar-refractivity contribution in [2.75, 3.05) is 0 Å². The second-order valence-corrected chi connectivity index (χ2v) is 6.24. The minimum Gasteiger partial charge on any atom is -0.374 e. The highest BCUT2D eigenvalue weighted by Gasteiger charge is 2.80. The van der Waals surface area contributed by atoms with Crippen molar-refractivity contribution in [3.8, 4) is 0 Å². The van der Waals surface area contributed by atoms with Gasteiger partial charge in [-0.05, 0) is 35.4 Å². The van der Waals surface area contributed by atoms with Gasteiger partial charge in [0.1, 0.15) is 0 Å². The van der Waals surface area contributed by atoms with Crippen molar-refractivity contribution < 1.29 is 35.8 Å². The summed E-state index contributed by atoms with van der Waals surface area (Å²) in [7, 11) is 0. The Morgan fingerprint density at radius 2 is 0.885 bits per heavy atom. The van der Waals surface area contributed by atoms with Gasteiger partial charge in [0.05, 0.1) is 0 Å². The molecular formula is C16H9Cl2F7O. The van der Waals surface area contributed by atoms with E-state index in [9.17, 15) is 35.8 Å². The molecule has 0 aliphatic heterocycles. The van der Waals surface area contributed by atoms with Crippen molar-refractivity contribution >= 4 is 23.2 Å². The summed E-state index contributed by atoms with van der Waals surface area (Å²) in [6, 6.07) is 6.82. The number of hydrogen-bond donors (Lipinski definition) is 1. The largest absolute Gasteiger partial charge is 0.460 e. The molecule has 0 saturated carbocycles. The Morgan fingerprint density at radius 1 is 0.577 bits per heavy atom. The van der Waals surface area contributed by atoms with Crippen LogP contribution in [0.2, 0.25) is 10.0 Å². The monoisotopic (exact) mass is 420 g/mol. The van der Waals surface area contributed by atoms with Gasteiger partial charge in [-0.1, -0.05) is 47.5 Å². The van der Waals surface area contributed by atoms with Crippen LogP contribution >= 0.6 is 23.2 Å². The standard InChI is InChI=1S/C16H9Cl2F7O/c17-11-5-1-9(2-6-11)13(26,10-3-7-12(18)8-4-10)14(19,20)15(21,22)16(23,24)25/h1-8,26H. The Hall–Kier alpha value is -1.51. The van der Waals surface area contributed by atoms with Gasteiger partial charge >= 0.3 is 18.0 Å². The Kier molecular flexibility index (Phi) is 5.26. The quantitative estimate of drug-likeness (QED) is 0.595. The van der Waals surface area contributed by atoms with Gasteiger partial charge in [0, 0.05) is 10.0 Å². The van der Waals surface area contributed by atoms with Crippen LogP contribution in [-0.4, -0.2) is 23.1 Å². The average molecular weight is 421 g/mol. The summed E-state index contributed by atoms with van der Waals surface area (Å²) < 4.78 is 94.3. The van der Waals surface area contributed by atoms with Gasteiger partial charge in [0.2, 0.25) is 0 Å². The molecule has 10 heteroatoms. The number of rotatable bonds is 4. The molecule has 0 aliphatic carbocycles. The predicted molar refractivity (Wildman–Crippen MR) is 81.9 cm³/mol. The average Bonchev–Trinajstić information content (AvgIpc) is 2.54. The summed E-state index contributed by atoms with van der Waals surface area (Å²) in [5.74, 6) is -12.5. The van der Waals surface area contributed by atoms with E-state index in [0.29, 0.717) is 0 Å². The third-order valence-corrected chi connectivity index (χ3v) is 4.23. The summed E-state index contributed by atoms with van der Waals surface area (Å²) in [6.45, 7) is 0. The van der Waals surface area contributed by atoms with E-state index in [1.54, 1.807) is 0 Å². The topological polar surface area (TPSA) is 20.2 Å². The molecule has 0 aromatic heterocycles. The molecule has 1 nitrogen and oxygen atoms in total. The first-order valence-corrected chi connectivity index (χ1v) is 7.57. The van der Waals surface area contributed by atoms with Crippen LogP contribution in [0.4, 0.5) is 30.7 Å². The van der Waals surface area contributed by atoms with Gasteiger partial charge in [-0.3, -0.25) is 0 Å². The van der Waals surface area contributed by atoms with E-state index >= 15 is 0 Å². The highest BCUT2D eigenvalue weighted by atomic mass is 35.5. The lowest BCUT2D eigenvalue weighted by Crippen LogP contribution is -2.63. The lowest BCUT2D eigenvalue weighted by molar-refractivity contribution is -0.385. The number of halogens is 9. The first-order valence-electron chi connectivity index (χ1n) is 6.82. The summed E-state index contributed by atoms with van der Waals surface area (Å²) in [5.41, 5.74) is -5.82. The van der Waals surface area contributed by atoms with Gasteiger partial charge in [-0.25, -0.2) is 0 Å². The molecule has 0 saturated heterocycles. The number of aliphatic hydroxyl groups is 1. The van der Waals surface area contributed by atoms with Crippen LogP contribution in [0.3, 0.4) is 0 Å². The molecule has 142 valence electrons. The molecule has 0 unspecified atom stereocenters. The lowest BCUT2D eigenvalue weighted by Gasteiger charge is -2.41. The van der Waals surface area contributed by atoms with Gasteiger partial charge in [0.25, 0.3) is 0 Å². The molecule has 0 fully saturated rings. The molecule has 0 spiro atoms. The molecule has 2 rings (SSSR count). The molecule has 0 aliphatic rings. The van der Waals surface area contributed by atoms with Crippen LogP contribution < -0.4 is 0 Å². The van der Waals surface area contributed by atoms with Crippen LogP contribution in [0.1, 0.15) is 11.1 Å². The fraction of sp³-hybridized carbons (Fsp3) is 0.250. The van der Waals surface area contributed by atoms with E-state index in [1.807, 2.05) is 0 Å². The maximum atomic E-state index is 14.5. The smallest absolute Gasteiger partial charge is 0.374 e. The molecule has 0 amide bonds. The molecule has 0 radical (unpaired) electrons. The third-order valence-electron chi connectivity index (χ3n) is 3.73. The fourth-order valence-corrected chi connectivity index (χ4v) is 2.57. The van der Waals surface area contributed by atoms with Crippen LogP contribution in [-0.2, 0) is 5.60 Å². The van der Waals surface area contributed by atoms with Crippen molar-refractivity contribution in [3.63, 3.8) is 0 Å². The number of alkyl halides is 7. The van der Waals surface area contributed by atoms with E-state index in [-0.39, 0.29) is 10.0 Å². The zero-order chi connectivity index (χ0) is 20.0. The SMILES string of the molecule is OC(c1ccc(Cl)cc1)(c1ccc(Cl)cc1)C(F)(F)C(F)(F)C(F)(F)F. The summed E-state index contributed by atoms with van der Waals surface area (Å²) in [5, 5.41) is 10.5.